The number of amides is 1. The molecule has 3 aromatic rings. The van der Waals surface area contributed by atoms with Gasteiger partial charge < -0.3 is 15.4 Å². The quantitative estimate of drug-likeness (QED) is 0.413. The van der Waals surface area contributed by atoms with Crippen LogP contribution in [0.3, 0.4) is 0 Å². The van der Waals surface area contributed by atoms with Gasteiger partial charge in [-0.15, -0.1) is 0 Å². The fraction of sp³-hybridized carbons (Fsp3) is 0.321. The summed E-state index contributed by atoms with van der Waals surface area (Å²) in [6.45, 7) is 3.29. The Bertz CT molecular complexity index is 1260. The minimum atomic E-state index is -3.67. The van der Waals surface area contributed by atoms with E-state index in [-0.39, 0.29) is 28.7 Å². The second-order valence-corrected chi connectivity index (χ2v) is 10.9. The van der Waals surface area contributed by atoms with Gasteiger partial charge in [-0.25, -0.2) is 13.1 Å². The normalized spacial score (nSPS) is 18.8. The molecule has 7 nitrogen and oxygen atoms in total. The number of hydrogen-bond acceptors (Lipinski definition) is 5. The number of carbonyl (C=O) groups excluding carboxylic acids is 1. The van der Waals surface area contributed by atoms with E-state index < -0.39 is 10.0 Å². The lowest BCUT2D eigenvalue weighted by Gasteiger charge is -2.30. The van der Waals surface area contributed by atoms with Crippen LogP contribution in [-0.4, -0.2) is 47.1 Å². The molecule has 1 aliphatic rings. The van der Waals surface area contributed by atoms with Gasteiger partial charge in [-0.3, -0.25) is 4.79 Å². The zero-order chi connectivity index (χ0) is 25.5. The monoisotopic (exact) mass is 507 g/mol. The third kappa shape index (κ3) is 6.32. The van der Waals surface area contributed by atoms with Gasteiger partial charge in [0.25, 0.3) is 0 Å². The number of piperidine rings is 1. The summed E-state index contributed by atoms with van der Waals surface area (Å²) in [5.74, 6) is 0.236. The largest absolute Gasteiger partial charge is 0.496 e. The molecule has 1 saturated heterocycles. The number of ether oxygens (including phenoxy) is 1. The van der Waals surface area contributed by atoms with E-state index in [0.717, 1.165) is 22.4 Å². The first-order valence-corrected chi connectivity index (χ1v) is 13.6. The third-order valence-corrected chi connectivity index (χ3v) is 8.11. The molecule has 0 spiro atoms. The van der Waals surface area contributed by atoms with E-state index in [9.17, 15) is 13.2 Å². The van der Waals surface area contributed by atoms with E-state index in [1.165, 1.54) is 0 Å². The average molecular weight is 508 g/mol. The van der Waals surface area contributed by atoms with Crippen LogP contribution in [0.5, 0.6) is 5.75 Å². The van der Waals surface area contributed by atoms with Gasteiger partial charge in [-0.2, -0.15) is 0 Å². The van der Waals surface area contributed by atoms with E-state index in [1.54, 1.807) is 31.4 Å². The van der Waals surface area contributed by atoms with Gasteiger partial charge in [0.1, 0.15) is 5.75 Å². The lowest BCUT2D eigenvalue weighted by molar-refractivity contribution is -0.125. The first-order chi connectivity index (χ1) is 17.4. The van der Waals surface area contributed by atoms with Crippen LogP contribution >= 0.6 is 0 Å². The van der Waals surface area contributed by atoms with Crippen LogP contribution in [0.2, 0.25) is 0 Å². The first kappa shape index (κ1) is 25.9. The molecular weight excluding hydrogens is 474 g/mol. The number of rotatable bonds is 9. The van der Waals surface area contributed by atoms with Gasteiger partial charge in [-0.05, 0) is 37.1 Å². The third-order valence-electron chi connectivity index (χ3n) is 6.57. The summed E-state index contributed by atoms with van der Waals surface area (Å²) in [4.78, 5) is 13.4. The van der Waals surface area contributed by atoms with Crippen molar-refractivity contribution >= 4 is 15.9 Å². The molecule has 3 aromatic carbocycles. The number of methoxy groups -OCH3 is 1. The molecule has 0 bridgehead atoms. The standard InChI is InChI=1S/C28H33N3O4S/c1-20-12-14-24(15-13-20)36(33,34)31-23-16-22(17-29-18-23)28(32)30-19-26(21-8-4-3-5-9-21)25-10-6-7-11-27(25)35-2/h3-15,22-23,26,29,31H,16-19H2,1-2H3,(H,30,32)/t22-,23+,26?/m0/s1. The molecule has 1 unspecified atom stereocenters. The number of aryl methyl sites for hydroxylation is 1. The molecule has 3 N–H and O–H groups in total. The molecule has 3 atom stereocenters. The van der Waals surface area contributed by atoms with E-state index in [0.29, 0.717) is 26.1 Å². The second-order valence-electron chi connectivity index (χ2n) is 9.17. The highest BCUT2D eigenvalue weighted by Crippen LogP contribution is 2.31. The van der Waals surface area contributed by atoms with Gasteiger partial charge in [0.2, 0.25) is 15.9 Å². The topological polar surface area (TPSA) is 96.5 Å². The number of benzene rings is 3. The Kier molecular flexibility index (Phi) is 8.40. The van der Waals surface area contributed by atoms with Crippen molar-refractivity contribution in [3.8, 4) is 5.75 Å². The summed E-state index contributed by atoms with van der Waals surface area (Å²) in [7, 11) is -2.02. The molecule has 190 valence electrons. The van der Waals surface area contributed by atoms with Crippen LogP contribution in [0.4, 0.5) is 0 Å². The molecule has 36 heavy (non-hydrogen) atoms. The first-order valence-electron chi connectivity index (χ1n) is 12.1. The summed E-state index contributed by atoms with van der Waals surface area (Å²) < 4.78 is 34.0. The Morgan fingerprint density at radius 3 is 2.42 bits per heavy atom. The maximum atomic E-state index is 13.2. The van der Waals surface area contributed by atoms with Crippen molar-refractivity contribution in [3.05, 3.63) is 95.6 Å². The van der Waals surface area contributed by atoms with Crippen LogP contribution in [0.25, 0.3) is 0 Å². The summed E-state index contributed by atoms with van der Waals surface area (Å²) in [5, 5.41) is 6.32. The van der Waals surface area contributed by atoms with Crippen molar-refractivity contribution in [1.82, 2.24) is 15.4 Å². The predicted octanol–water partition coefficient (Wildman–Crippen LogP) is 3.21. The van der Waals surface area contributed by atoms with Gasteiger partial charge >= 0.3 is 0 Å². The Morgan fingerprint density at radius 2 is 1.69 bits per heavy atom. The SMILES string of the molecule is COc1ccccc1C(CNC(=O)[C@@H]1CNC[C@H](NS(=O)(=O)c2ccc(C)cc2)C1)c1ccccc1. The van der Waals surface area contributed by atoms with Gasteiger partial charge in [-0.1, -0.05) is 66.2 Å². The van der Waals surface area contributed by atoms with E-state index >= 15 is 0 Å². The van der Waals surface area contributed by atoms with Crippen molar-refractivity contribution in [3.63, 3.8) is 0 Å². The minimum Gasteiger partial charge on any atom is -0.496 e. The number of sulfonamides is 1. The lowest BCUT2D eigenvalue weighted by Crippen LogP contribution is -2.52. The Hall–Kier alpha value is -3.20. The molecule has 4 rings (SSSR count). The average Bonchev–Trinajstić information content (AvgIpc) is 2.89. The predicted molar refractivity (Wildman–Crippen MR) is 141 cm³/mol. The molecule has 0 radical (unpaired) electrons. The van der Waals surface area contributed by atoms with E-state index in [2.05, 4.69) is 15.4 Å². The highest BCUT2D eigenvalue weighted by atomic mass is 32.2. The number of carbonyl (C=O) groups is 1. The minimum absolute atomic E-state index is 0.0845. The van der Waals surface area contributed by atoms with Gasteiger partial charge in [0.05, 0.1) is 17.9 Å². The maximum Gasteiger partial charge on any atom is 0.240 e. The summed E-state index contributed by atoms with van der Waals surface area (Å²) in [6, 6.07) is 24.2. The highest BCUT2D eigenvalue weighted by Gasteiger charge is 2.30. The highest BCUT2D eigenvalue weighted by molar-refractivity contribution is 7.89. The Balaban J connectivity index is 1.43. The van der Waals surface area contributed by atoms with Crippen molar-refractivity contribution in [2.24, 2.45) is 5.92 Å². The number of hydrogen-bond donors (Lipinski definition) is 3. The molecule has 1 fully saturated rings. The van der Waals surface area contributed by atoms with Crippen LogP contribution in [-0.2, 0) is 14.8 Å². The maximum absolute atomic E-state index is 13.2. The van der Waals surface area contributed by atoms with E-state index in [1.807, 2.05) is 61.5 Å². The molecule has 0 aromatic heterocycles. The van der Waals surface area contributed by atoms with Crippen molar-refractivity contribution in [2.45, 2.75) is 30.2 Å². The van der Waals surface area contributed by atoms with Crippen LogP contribution in [0, 0.1) is 12.8 Å². The Labute approximate surface area is 213 Å². The van der Waals surface area contributed by atoms with Gasteiger partial charge in [0.15, 0.2) is 0 Å². The molecule has 0 aliphatic carbocycles. The van der Waals surface area contributed by atoms with Crippen LogP contribution in [0.1, 0.15) is 29.0 Å². The molecule has 1 aliphatic heterocycles. The smallest absolute Gasteiger partial charge is 0.240 e. The molecule has 0 saturated carbocycles. The molecule has 8 heteroatoms. The van der Waals surface area contributed by atoms with Crippen molar-refractivity contribution in [2.75, 3.05) is 26.7 Å². The van der Waals surface area contributed by atoms with Crippen molar-refractivity contribution in [1.29, 1.82) is 0 Å². The fourth-order valence-corrected chi connectivity index (χ4v) is 5.88. The lowest BCUT2D eigenvalue weighted by atomic mass is 9.90. The fourth-order valence-electron chi connectivity index (χ4n) is 4.63. The van der Waals surface area contributed by atoms with E-state index in [4.69, 9.17) is 4.74 Å². The van der Waals surface area contributed by atoms with Crippen LogP contribution in [0.15, 0.2) is 83.8 Å². The van der Waals surface area contributed by atoms with Gasteiger partial charge in [0, 0.05) is 37.2 Å². The number of para-hydroxylation sites is 1. The zero-order valence-electron chi connectivity index (χ0n) is 20.6. The van der Waals surface area contributed by atoms with Crippen LogP contribution < -0.4 is 20.1 Å². The summed E-state index contributed by atoms with van der Waals surface area (Å²) in [6.07, 6.45) is 0.425. The number of nitrogens with one attached hydrogen (secondary N) is 3. The van der Waals surface area contributed by atoms with Crippen molar-refractivity contribution < 1.29 is 17.9 Å². The Morgan fingerprint density at radius 1 is 1.00 bits per heavy atom. The zero-order valence-corrected chi connectivity index (χ0v) is 21.4. The second kappa shape index (κ2) is 11.7. The molecule has 1 amide bonds. The molecular formula is C28H33N3O4S. The summed E-state index contributed by atoms with van der Waals surface area (Å²) >= 11 is 0. The molecule has 1 heterocycles. The summed E-state index contributed by atoms with van der Waals surface area (Å²) in [5.41, 5.74) is 3.07.